The zero-order chi connectivity index (χ0) is 18.0. The molecule has 1 saturated heterocycles. The first-order valence-electron chi connectivity index (χ1n) is 7.74. The van der Waals surface area contributed by atoms with Crippen LogP contribution in [-0.2, 0) is 4.79 Å². The van der Waals surface area contributed by atoms with Crippen molar-refractivity contribution in [3.05, 3.63) is 74.7 Å². The molecule has 0 aliphatic carbocycles. The molecular formula is C18H16ClN3O3. The summed E-state index contributed by atoms with van der Waals surface area (Å²) in [6.07, 6.45) is 2.98. The van der Waals surface area contributed by atoms with Crippen molar-refractivity contribution in [1.82, 2.24) is 10.3 Å². The smallest absolute Gasteiger partial charge is 0.267 e. The van der Waals surface area contributed by atoms with Crippen molar-refractivity contribution in [3.63, 3.8) is 0 Å². The molecule has 1 aromatic heterocycles. The molecule has 1 atom stereocenters. The number of pyridine rings is 1. The molecule has 1 aliphatic heterocycles. The molecule has 0 saturated carbocycles. The Hall–Kier alpha value is -2.86. The Morgan fingerprint density at radius 1 is 1.20 bits per heavy atom. The zero-order valence-corrected chi connectivity index (χ0v) is 14.0. The molecule has 25 heavy (non-hydrogen) atoms. The number of aromatic amines is 1. The molecule has 6 nitrogen and oxygen atoms in total. The second-order valence-electron chi connectivity index (χ2n) is 5.79. The van der Waals surface area contributed by atoms with Gasteiger partial charge in [-0.05, 0) is 36.2 Å². The van der Waals surface area contributed by atoms with Gasteiger partial charge in [0.25, 0.3) is 5.56 Å². The first kappa shape index (κ1) is 17.0. The minimum atomic E-state index is -0.542. The third kappa shape index (κ3) is 3.80. The maximum atomic E-state index is 11.9. The lowest BCUT2D eigenvalue weighted by Gasteiger charge is -2.13. The minimum Gasteiger partial charge on any atom is -0.366 e. The summed E-state index contributed by atoms with van der Waals surface area (Å²) in [6, 6.07) is 9.83. The Morgan fingerprint density at radius 2 is 1.96 bits per heavy atom. The van der Waals surface area contributed by atoms with E-state index >= 15 is 0 Å². The number of halogens is 1. The summed E-state index contributed by atoms with van der Waals surface area (Å²) in [5.41, 5.74) is 7.23. The van der Waals surface area contributed by atoms with Crippen LogP contribution in [0.15, 0.2) is 47.3 Å². The predicted molar refractivity (Wildman–Crippen MR) is 95.3 cm³/mol. The van der Waals surface area contributed by atoms with Crippen molar-refractivity contribution in [2.75, 3.05) is 0 Å². The number of amides is 2. The van der Waals surface area contributed by atoms with E-state index < -0.39 is 11.5 Å². The molecule has 2 aromatic rings. The van der Waals surface area contributed by atoms with Crippen LogP contribution in [-0.4, -0.2) is 22.8 Å². The van der Waals surface area contributed by atoms with E-state index in [0.29, 0.717) is 35.2 Å². The number of carbonyl (C=O) groups excluding carboxylic acids is 2. The highest BCUT2D eigenvalue weighted by Gasteiger charge is 2.20. The van der Waals surface area contributed by atoms with Crippen LogP contribution >= 0.6 is 11.6 Å². The molecule has 0 bridgehead atoms. The van der Waals surface area contributed by atoms with E-state index in [1.165, 1.54) is 6.07 Å². The molecule has 0 spiro atoms. The van der Waals surface area contributed by atoms with E-state index in [0.717, 1.165) is 0 Å². The summed E-state index contributed by atoms with van der Waals surface area (Å²) in [6.45, 7) is 0. The quantitative estimate of drug-likeness (QED) is 0.777. The van der Waals surface area contributed by atoms with Crippen molar-refractivity contribution in [2.24, 2.45) is 5.73 Å². The Kier molecular flexibility index (Phi) is 4.72. The number of carbonyl (C=O) groups is 2. The molecule has 3 rings (SSSR count). The van der Waals surface area contributed by atoms with Crippen molar-refractivity contribution in [3.8, 4) is 0 Å². The van der Waals surface area contributed by atoms with Crippen LogP contribution in [0.2, 0.25) is 5.02 Å². The van der Waals surface area contributed by atoms with Gasteiger partial charge in [-0.25, -0.2) is 0 Å². The number of H-pyrrole nitrogens is 1. The van der Waals surface area contributed by atoms with Gasteiger partial charge in [-0.3, -0.25) is 14.4 Å². The molecule has 1 fully saturated rings. The fourth-order valence-corrected chi connectivity index (χ4v) is 2.87. The van der Waals surface area contributed by atoms with Crippen molar-refractivity contribution >= 4 is 29.0 Å². The Bertz CT molecular complexity index is 933. The second kappa shape index (κ2) is 6.94. The van der Waals surface area contributed by atoms with Crippen molar-refractivity contribution in [1.29, 1.82) is 0 Å². The van der Waals surface area contributed by atoms with Crippen LogP contribution < -0.4 is 16.6 Å². The van der Waals surface area contributed by atoms with Crippen LogP contribution in [0.5, 0.6) is 0 Å². The summed E-state index contributed by atoms with van der Waals surface area (Å²) in [5, 5.41) is 2.95. The van der Waals surface area contributed by atoms with E-state index in [4.69, 9.17) is 17.3 Å². The van der Waals surface area contributed by atoms with Crippen LogP contribution in [0.25, 0.3) is 5.57 Å². The Labute approximate surface area is 148 Å². The van der Waals surface area contributed by atoms with E-state index in [1.54, 1.807) is 24.3 Å². The first-order chi connectivity index (χ1) is 11.9. The van der Waals surface area contributed by atoms with Crippen LogP contribution in [0, 0.1) is 0 Å². The number of rotatable bonds is 4. The van der Waals surface area contributed by atoms with Crippen LogP contribution in [0.3, 0.4) is 0 Å². The summed E-state index contributed by atoms with van der Waals surface area (Å²) < 4.78 is 0. The van der Waals surface area contributed by atoms with Gasteiger partial charge in [-0.15, -0.1) is 0 Å². The Morgan fingerprint density at radius 3 is 2.60 bits per heavy atom. The molecule has 1 aliphatic rings. The third-order valence-electron chi connectivity index (χ3n) is 4.01. The van der Waals surface area contributed by atoms with Gasteiger partial charge in [-0.1, -0.05) is 29.8 Å². The largest absolute Gasteiger partial charge is 0.366 e. The van der Waals surface area contributed by atoms with Crippen LogP contribution in [0.1, 0.15) is 34.5 Å². The fourth-order valence-electron chi connectivity index (χ4n) is 2.76. The first-order valence-corrected chi connectivity index (χ1v) is 8.12. The number of benzene rings is 1. The lowest BCUT2D eigenvalue weighted by molar-refractivity contribution is -0.119. The van der Waals surface area contributed by atoms with E-state index in [2.05, 4.69) is 10.3 Å². The maximum Gasteiger partial charge on any atom is 0.267 e. The number of nitrogens with one attached hydrogen (secondary N) is 2. The van der Waals surface area contributed by atoms with E-state index in [1.807, 2.05) is 12.1 Å². The number of hydrogen-bond acceptors (Lipinski definition) is 3. The predicted octanol–water partition coefficient (Wildman–Crippen LogP) is 1.84. The molecule has 0 radical (unpaired) electrons. The minimum absolute atomic E-state index is 0.0175. The van der Waals surface area contributed by atoms with Crippen molar-refractivity contribution in [2.45, 2.75) is 18.9 Å². The number of nitrogens with two attached hydrogens (primary N) is 1. The lowest BCUT2D eigenvalue weighted by Crippen LogP contribution is -2.23. The molecule has 128 valence electrons. The van der Waals surface area contributed by atoms with Gasteiger partial charge in [0.2, 0.25) is 11.8 Å². The summed E-state index contributed by atoms with van der Waals surface area (Å²) >= 11 is 5.81. The molecular weight excluding hydrogens is 342 g/mol. The van der Waals surface area contributed by atoms with Gasteiger partial charge < -0.3 is 16.0 Å². The van der Waals surface area contributed by atoms with Gasteiger partial charge in [0.1, 0.15) is 5.02 Å². The molecule has 4 N–H and O–H groups in total. The Balaban J connectivity index is 2.11. The highest BCUT2D eigenvalue weighted by molar-refractivity contribution is 6.30. The van der Waals surface area contributed by atoms with Gasteiger partial charge in [-0.2, -0.15) is 0 Å². The molecule has 2 amide bonds. The van der Waals surface area contributed by atoms with E-state index in [9.17, 15) is 14.4 Å². The van der Waals surface area contributed by atoms with Crippen LogP contribution in [0.4, 0.5) is 0 Å². The molecule has 1 aromatic carbocycles. The average Bonchev–Trinajstić information content (AvgIpc) is 3.00. The standard InChI is InChI=1S/C18H16ClN3O3/c19-14-5-6-15(22-18(14)25)13(9-12-4-7-16(23)21-12)10-2-1-3-11(8-10)17(20)24/h1-3,5-6,8-9,12H,4,7H2,(H2,20,24)(H,21,23)(H,22,25)/b13-9+/t12-/m1/s1. The second-order valence-corrected chi connectivity index (χ2v) is 6.19. The van der Waals surface area contributed by atoms with Gasteiger partial charge in [0, 0.05) is 29.3 Å². The molecule has 0 unspecified atom stereocenters. The van der Waals surface area contributed by atoms with Gasteiger partial charge >= 0.3 is 0 Å². The summed E-state index contributed by atoms with van der Waals surface area (Å²) in [7, 11) is 0. The topological polar surface area (TPSA) is 105 Å². The number of hydrogen-bond donors (Lipinski definition) is 3. The zero-order valence-electron chi connectivity index (χ0n) is 13.2. The van der Waals surface area contributed by atoms with Gasteiger partial charge in [0.05, 0.1) is 0 Å². The molecule has 7 heteroatoms. The van der Waals surface area contributed by atoms with E-state index in [-0.39, 0.29) is 17.0 Å². The number of primary amides is 1. The monoisotopic (exact) mass is 357 g/mol. The lowest BCUT2D eigenvalue weighted by atomic mass is 9.97. The third-order valence-corrected chi connectivity index (χ3v) is 4.30. The summed E-state index contributed by atoms with van der Waals surface area (Å²) in [5.74, 6) is -0.559. The average molecular weight is 358 g/mol. The van der Waals surface area contributed by atoms with Crippen molar-refractivity contribution < 1.29 is 9.59 Å². The SMILES string of the molecule is NC(=O)c1cccc(/C(=C\[C@H]2CCC(=O)N2)c2ccc(Cl)c(=O)[nH]2)c1. The normalized spacial score (nSPS) is 17.4. The maximum absolute atomic E-state index is 11.9. The fraction of sp³-hybridized carbons (Fsp3) is 0.167. The van der Waals surface area contributed by atoms with Gasteiger partial charge in [0.15, 0.2) is 0 Å². The summed E-state index contributed by atoms with van der Waals surface area (Å²) in [4.78, 5) is 37.5. The number of aromatic nitrogens is 1. The highest BCUT2D eigenvalue weighted by Crippen LogP contribution is 2.25. The molecule has 2 heterocycles. The highest BCUT2D eigenvalue weighted by atomic mass is 35.5.